The normalized spacial score (nSPS) is 18.9. The van der Waals surface area contributed by atoms with Crippen LogP contribution in [0.1, 0.15) is 51.4 Å². The van der Waals surface area contributed by atoms with Gasteiger partial charge in [-0.05, 0) is 52.8 Å². The van der Waals surface area contributed by atoms with Crippen molar-refractivity contribution in [2.45, 2.75) is 56.3 Å². The van der Waals surface area contributed by atoms with Gasteiger partial charge in [-0.2, -0.15) is 0 Å². The number of nitrogens with one attached hydrogen (secondary N) is 1. The van der Waals surface area contributed by atoms with Crippen LogP contribution in [0.2, 0.25) is 0 Å². The summed E-state index contributed by atoms with van der Waals surface area (Å²) in [5.74, 6) is -0.257. The van der Waals surface area contributed by atoms with Crippen molar-refractivity contribution >= 4 is 27.4 Å². The highest BCUT2D eigenvalue weighted by Gasteiger charge is 2.44. The number of fused-ring (bicyclic) bond motifs is 1. The van der Waals surface area contributed by atoms with Crippen LogP contribution in [-0.4, -0.2) is 30.6 Å². The number of ketones is 1. The van der Waals surface area contributed by atoms with Crippen LogP contribution in [-0.2, 0) is 14.6 Å². The molecule has 1 aromatic carbocycles. The standard InChI is InChI=1S/C16H21NO5S/c1-15(2,3)22-14(19)17-10-6-7-13-11(8-10)12(18)9-16(4,5)23(13,20)21/h6-8H,9H2,1-5H3,(H,17,19). The topological polar surface area (TPSA) is 89.5 Å². The Labute approximate surface area is 136 Å². The summed E-state index contributed by atoms with van der Waals surface area (Å²) < 4.78 is 29.1. The first kappa shape index (κ1) is 17.5. The number of amides is 1. The zero-order valence-corrected chi connectivity index (χ0v) is 14.7. The number of rotatable bonds is 1. The molecule has 0 spiro atoms. The van der Waals surface area contributed by atoms with Crippen molar-refractivity contribution < 1.29 is 22.7 Å². The number of sulfone groups is 1. The smallest absolute Gasteiger partial charge is 0.412 e. The lowest BCUT2D eigenvalue weighted by Gasteiger charge is -2.30. The van der Waals surface area contributed by atoms with Crippen LogP contribution in [0.25, 0.3) is 0 Å². The molecule has 0 bridgehead atoms. The highest BCUT2D eigenvalue weighted by molar-refractivity contribution is 7.93. The molecule has 2 rings (SSSR count). The van der Waals surface area contributed by atoms with E-state index in [1.807, 2.05) is 0 Å². The Morgan fingerprint density at radius 3 is 2.43 bits per heavy atom. The molecule has 1 amide bonds. The van der Waals surface area contributed by atoms with Gasteiger partial charge in [-0.25, -0.2) is 13.2 Å². The second-order valence-electron chi connectivity index (χ2n) is 7.20. The Bertz CT molecular complexity index is 772. The van der Waals surface area contributed by atoms with Crippen LogP contribution in [0.3, 0.4) is 0 Å². The highest BCUT2D eigenvalue weighted by atomic mass is 32.2. The number of Topliss-reactive ketones (excluding diaryl/α,β-unsaturated/α-hetero) is 1. The summed E-state index contributed by atoms with van der Waals surface area (Å²) in [6.45, 7) is 8.28. The lowest BCUT2D eigenvalue weighted by atomic mass is 9.99. The van der Waals surface area contributed by atoms with Gasteiger partial charge in [0.1, 0.15) is 5.60 Å². The van der Waals surface area contributed by atoms with Gasteiger partial charge < -0.3 is 4.74 Å². The highest BCUT2D eigenvalue weighted by Crippen LogP contribution is 2.38. The van der Waals surface area contributed by atoms with E-state index in [9.17, 15) is 18.0 Å². The van der Waals surface area contributed by atoms with Crippen molar-refractivity contribution in [2.24, 2.45) is 0 Å². The van der Waals surface area contributed by atoms with Crippen LogP contribution in [0, 0.1) is 0 Å². The molecule has 0 fully saturated rings. The molecule has 1 aliphatic rings. The zero-order valence-electron chi connectivity index (χ0n) is 13.9. The average Bonchev–Trinajstić information content (AvgIpc) is 2.33. The SMILES string of the molecule is CC(C)(C)OC(=O)Nc1ccc2c(c1)C(=O)CC(C)(C)S2(=O)=O. The fourth-order valence-electron chi connectivity index (χ4n) is 2.36. The number of ether oxygens (including phenoxy) is 1. The first-order chi connectivity index (χ1) is 10.3. The number of benzene rings is 1. The molecule has 6 nitrogen and oxygen atoms in total. The van der Waals surface area contributed by atoms with E-state index in [0.717, 1.165) is 0 Å². The van der Waals surface area contributed by atoms with Crippen LogP contribution < -0.4 is 5.32 Å². The van der Waals surface area contributed by atoms with Gasteiger partial charge in [-0.3, -0.25) is 10.1 Å². The van der Waals surface area contributed by atoms with E-state index >= 15 is 0 Å². The van der Waals surface area contributed by atoms with Gasteiger partial charge in [0, 0.05) is 17.7 Å². The van der Waals surface area contributed by atoms with Crippen molar-refractivity contribution in [3.8, 4) is 0 Å². The number of anilines is 1. The summed E-state index contributed by atoms with van der Waals surface area (Å²) in [5.41, 5.74) is -0.222. The van der Waals surface area contributed by atoms with Gasteiger partial charge in [-0.1, -0.05) is 0 Å². The summed E-state index contributed by atoms with van der Waals surface area (Å²) in [6, 6.07) is 4.19. The fraction of sp³-hybridized carbons (Fsp3) is 0.500. The third kappa shape index (κ3) is 3.39. The molecule has 0 aliphatic carbocycles. The van der Waals surface area contributed by atoms with E-state index < -0.39 is 26.3 Å². The van der Waals surface area contributed by atoms with Gasteiger partial charge in [0.05, 0.1) is 9.64 Å². The van der Waals surface area contributed by atoms with Crippen LogP contribution in [0.4, 0.5) is 10.5 Å². The molecular formula is C16H21NO5S. The van der Waals surface area contributed by atoms with Crippen molar-refractivity contribution in [3.63, 3.8) is 0 Å². The molecule has 1 heterocycles. The quantitative estimate of drug-likeness (QED) is 0.849. The molecule has 0 saturated carbocycles. The second-order valence-corrected chi connectivity index (χ2v) is 9.75. The lowest BCUT2D eigenvalue weighted by molar-refractivity contribution is 0.0635. The Hall–Kier alpha value is -1.89. The molecule has 0 radical (unpaired) electrons. The Balaban J connectivity index is 2.36. The van der Waals surface area contributed by atoms with E-state index in [2.05, 4.69) is 5.32 Å². The fourth-order valence-corrected chi connectivity index (χ4v) is 3.98. The lowest BCUT2D eigenvalue weighted by Crippen LogP contribution is -2.39. The molecule has 1 N–H and O–H groups in total. The predicted octanol–water partition coefficient (Wildman–Crippen LogP) is 3.17. The average molecular weight is 339 g/mol. The molecular weight excluding hydrogens is 318 g/mol. The number of hydrogen-bond donors (Lipinski definition) is 1. The largest absolute Gasteiger partial charge is 0.444 e. The molecule has 0 unspecified atom stereocenters. The summed E-state index contributed by atoms with van der Waals surface area (Å²) in [7, 11) is -3.59. The van der Waals surface area contributed by atoms with Crippen LogP contribution in [0.5, 0.6) is 0 Å². The maximum Gasteiger partial charge on any atom is 0.412 e. The Morgan fingerprint density at radius 1 is 1.26 bits per heavy atom. The van der Waals surface area contributed by atoms with Crippen molar-refractivity contribution in [1.29, 1.82) is 0 Å². The maximum absolute atomic E-state index is 12.5. The van der Waals surface area contributed by atoms with E-state index in [1.165, 1.54) is 32.0 Å². The van der Waals surface area contributed by atoms with Gasteiger partial charge in [-0.15, -0.1) is 0 Å². The zero-order chi connectivity index (χ0) is 17.6. The molecule has 126 valence electrons. The molecule has 0 atom stereocenters. The van der Waals surface area contributed by atoms with E-state index in [1.54, 1.807) is 20.8 Å². The molecule has 1 aliphatic heterocycles. The van der Waals surface area contributed by atoms with E-state index in [0.29, 0.717) is 5.69 Å². The Kier molecular flexibility index (Phi) is 4.05. The third-order valence-corrected chi connectivity index (χ3v) is 6.06. The molecule has 0 aromatic heterocycles. The summed E-state index contributed by atoms with van der Waals surface area (Å²) >= 11 is 0. The minimum Gasteiger partial charge on any atom is -0.444 e. The molecule has 23 heavy (non-hydrogen) atoms. The van der Waals surface area contributed by atoms with E-state index in [-0.39, 0.29) is 22.7 Å². The van der Waals surface area contributed by atoms with Crippen LogP contribution in [0.15, 0.2) is 23.1 Å². The molecule has 0 saturated heterocycles. The summed E-state index contributed by atoms with van der Waals surface area (Å²) in [5, 5.41) is 2.51. The first-order valence-electron chi connectivity index (χ1n) is 7.25. The minimum atomic E-state index is -3.59. The van der Waals surface area contributed by atoms with Crippen molar-refractivity contribution in [1.82, 2.24) is 0 Å². The molecule has 1 aromatic rings. The van der Waals surface area contributed by atoms with Gasteiger partial charge >= 0.3 is 6.09 Å². The second kappa shape index (κ2) is 5.33. The Morgan fingerprint density at radius 2 is 1.87 bits per heavy atom. The first-order valence-corrected chi connectivity index (χ1v) is 8.74. The predicted molar refractivity (Wildman–Crippen MR) is 86.5 cm³/mol. The van der Waals surface area contributed by atoms with Crippen molar-refractivity contribution in [2.75, 3.05) is 5.32 Å². The third-order valence-electron chi connectivity index (χ3n) is 3.53. The van der Waals surface area contributed by atoms with Gasteiger partial charge in [0.15, 0.2) is 15.6 Å². The number of carbonyl (C=O) groups is 2. The number of carbonyl (C=O) groups excluding carboxylic acids is 2. The number of hydrogen-bond acceptors (Lipinski definition) is 5. The van der Waals surface area contributed by atoms with Gasteiger partial charge in [0.25, 0.3) is 0 Å². The van der Waals surface area contributed by atoms with Gasteiger partial charge in [0.2, 0.25) is 0 Å². The maximum atomic E-state index is 12.5. The molecule has 7 heteroatoms. The minimum absolute atomic E-state index is 0.00786. The summed E-state index contributed by atoms with van der Waals surface area (Å²) in [6.07, 6.45) is -0.748. The summed E-state index contributed by atoms with van der Waals surface area (Å²) in [4.78, 5) is 24.0. The van der Waals surface area contributed by atoms with Crippen LogP contribution >= 0.6 is 0 Å². The van der Waals surface area contributed by atoms with E-state index in [4.69, 9.17) is 4.74 Å². The monoisotopic (exact) mass is 339 g/mol. The van der Waals surface area contributed by atoms with Crippen molar-refractivity contribution in [3.05, 3.63) is 23.8 Å².